The predicted molar refractivity (Wildman–Crippen MR) is 72.7 cm³/mol. The smallest absolute Gasteiger partial charge is 0.00388 e. The van der Waals surface area contributed by atoms with Gasteiger partial charge in [-0.15, -0.1) is 0 Å². The highest BCUT2D eigenvalue weighted by molar-refractivity contribution is 4.74. The summed E-state index contributed by atoms with van der Waals surface area (Å²) in [6, 6.07) is 0.724. The van der Waals surface area contributed by atoms with Crippen molar-refractivity contribution in [2.24, 2.45) is 11.8 Å². The molecule has 3 unspecified atom stereocenters. The molecule has 0 saturated heterocycles. The Hall–Kier alpha value is -0.0400. The van der Waals surface area contributed by atoms with Crippen molar-refractivity contribution in [2.75, 3.05) is 6.54 Å². The first-order valence-electron chi connectivity index (χ1n) is 7.49. The van der Waals surface area contributed by atoms with Gasteiger partial charge in [-0.2, -0.15) is 0 Å². The lowest BCUT2D eigenvalue weighted by Crippen LogP contribution is -2.27. The van der Waals surface area contributed by atoms with Crippen LogP contribution in [0.5, 0.6) is 0 Å². The Morgan fingerprint density at radius 1 is 1.19 bits per heavy atom. The van der Waals surface area contributed by atoms with Crippen molar-refractivity contribution in [3.05, 3.63) is 0 Å². The van der Waals surface area contributed by atoms with E-state index in [0.717, 1.165) is 17.9 Å². The van der Waals surface area contributed by atoms with Crippen LogP contribution in [0.25, 0.3) is 0 Å². The van der Waals surface area contributed by atoms with Crippen molar-refractivity contribution in [1.29, 1.82) is 0 Å². The summed E-state index contributed by atoms with van der Waals surface area (Å²) >= 11 is 0. The molecule has 0 aromatic carbocycles. The maximum atomic E-state index is 3.60. The van der Waals surface area contributed by atoms with E-state index in [2.05, 4.69) is 26.1 Å². The molecule has 1 aliphatic carbocycles. The zero-order valence-electron chi connectivity index (χ0n) is 11.6. The van der Waals surface area contributed by atoms with Gasteiger partial charge in [-0.05, 0) is 51.0 Å². The molecule has 1 N–H and O–H groups in total. The summed E-state index contributed by atoms with van der Waals surface area (Å²) < 4.78 is 0. The molecule has 0 spiro atoms. The van der Waals surface area contributed by atoms with Crippen LogP contribution in [0.2, 0.25) is 0 Å². The molecule has 1 rings (SSSR count). The largest absolute Gasteiger partial charge is 0.314 e. The van der Waals surface area contributed by atoms with Gasteiger partial charge in [-0.1, -0.05) is 39.5 Å². The summed E-state index contributed by atoms with van der Waals surface area (Å²) in [5.74, 6) is 2.07. The van der Waals surface area contributed by atoms with E-state index in [1.165, 1.54) is 57.9 Å². The third kappa shape index (κ3) is 5.34. The molecular formula is C15H31N. The fraction of sp³-hybridized carbons (Fsp3) is 1.00. The third-order valence-electron chi connectivity index (χ3n) is 4.22. The van der Waals surface area contributed by atoms with Gasteiger partial charge in [0.2, 0.25) is 0 Å². The lowest BCUT2D eigenvalue weighted by molar-refractivity contribution is 0.240. The topological polar surface area (TPSA) is 12.0 Å². The van der Waals surface area contributed by atoms with E-state index in [0.29, 0.717) is 0 Å². The summed E-state index contributed by atoms with van der Waals surface area (Å²) in [7, 11) is 0. The van der Waals surface area contributed by atoms with E-state index in [-0.39, 0.29) is 0 Å². The van der Waals surface area contributed by atoms with Crippen LogP contribution in [0.3, 0.4) is 0 Å². The molecule has 3 atom stereocenters. The van der Waals surface area contributed by atoms with Gasteiger partial charge in [0.25, 0.3) is 0 Å². The molecule has 1 aliphatic rings. The Morgan fingerprint density at radius 2 is 1.94 bits per heavy atom. The van der Waals surface area contributed by atoms with Crippen molar-refractivity contribution in [3.8, 4) is 0 Å². The van der Waals surface area contributed by atoms with Gasteiger partial charge in [0.05, 0.1) is 0 Å². The monoisotopic (exact) mass is 225 g/mol. The van der Waals surface area contributed by atoms with Crippen LogP contribution in [0, 0.1) is 11.8 Å². The average molecular weight is 225 g/mol. The van der Waals surface area contributed by atoms with Crippen LogP contribution in [-0.2, 0) is 0 Å². The van der Waals surface area contributed by atoms with E-state index in [1.807, 2.05) is 0 Å². The highest BCUT2D eigenvalue weighted by Crippen LogP contribution is 2.33. The summed E-state index contributed by atoms with van der Waals surface area (Å²) in [5, 5.41) is 3.60. The van der Waals surface area contributed by atoms with Gasteiger partial charge >= 0.3 is 0 Å². The Balaban J connectivity index is 2.11. The number of rotatable bonds is 7. The second-order valence-electron chi connectivity index (χ2n) is 5.74. The maximum absolute atomic E-state index is 3.60. The lowest BCUT2D eigenvalue weighted by atomic mass is 9.78. The summed E-state index contributed by atoms with van der Waals surface area (Å²) in [5.41, 5.74) is 0. The van der Waals surface area contributed by atoms with Gasteiger partial charge in [0, 0.05) is 6.04 Å². The fourth-order valence-electron chi connectivity index (χ4n) is 3.01. The first kappa shape index (κ1) is 14.0. The first-order chi connectivity index (χ1) is 7.76. The van der Waals surface area contributed by atoms with Gasteiger partial charge in [0.15, 0.2) is 0 Å². The average Bonchev–Trinajstić information content (AvgIpc) is 2.34. The minimum Gasteiger partial charge on any atom is -0.314 e. The van der Waals surface area contributed by atoms with Gasteiger partial charge < -0.3 is 5.32 Å². The highest BCUT2D eigenvalue weighted by atomic mass is 14.9. The van der Waals surface area contributed by atoms with E-state index in [9.17, 15) is 0 Å². The third-order valence-corrected chi connectivity index (χ3v) is 4.22. The fourth-order valence-corrected chi connectivity index (χ4v) is 3.01. The molecule has 1 fully saturated rings. The van der Waals surface area contributed by atoms with E-state index >= 15 is 0 Å². The van der Waals surface area contributed by atoms with Crippen molar-refractivity contribution in [3.63, 3.8) is 0 Å². The molecule has 1 heteroatoms. The normalized spacial score (nSPS) is 27.9. The Bertz CT molecular complexity index is 167. The molecule has 0 aromatic rings. The molecule has 0 aromatic heterocycles. The van der Waals surface area contributed by atoms with Crippen molar-refractivity contribution in [2.45, 2.75) is 78.2 Å². The van der Waals surface area contributed by atoms with Gasteiger partial charge in [-0.3, -0.25) is 0 Å². The molecule has 0 amide bonds. The Kier molecular flexibility index (Phi) is 7.11. The first-order valence-corrected chi connectivity index (χ1v) is 7.49. The van der Waals surface area contributed by atoms with Crippen molar-refractivity contribution < 1.29 is 0 Å². The van der Waals surface area contributed by atoms with Crippen LogP contribution in [0.1, 0.15) is 72.1 Å². The quantitative estimate of drug-likeness (QED) is 0.678. The number of hydrogen-bond acceptors (Lipinski definition) is 1. The maximum Gasteiger partial charge on any atom is 0.00388 e. The molecule has 0 aliphatic heterocycles. The SMILES string of the molecule is CCCNC(C)CCC1CCCC(CC)C1. The molecule has 1 nitrogen and oxygen atoms in total. The van der Waals surface area contributed by atoms with Crippen LogP contribution < -0.4 is 5.32 Å². The molecular weight excluding hydrogens is 194 g/mol. The van der Waals surface area contributed by atoms with Gasteiger partial charge in [0.1, 0.15) is 0 Å². The zero-order valence-corrected chi connectivity index (χ0v) is 11.6. The molecule has 16 heavy (non-hydrogen) atoms. The standard InChI is InChI=1S/C15H31N/c1-4-11-16-13(3)9-10-15-8-6-7-14(5-2)12-15/h13-16H,4-12H2,1-3H3. The van der Waals surface area contributed by atoms with E-state index in [4.69, 9.17) is 0 Å². The molecule has 0 heterocycles. The van der Waals surface area contributed by atoms with Crippen molar-refractivity contribution >= 4 is 0 Å². The van der Waals surface area contributed by atoms with Gasteiger partial charge in [-0.25, -0.2) is 0 Å². The highest BCUT2D eigenvalue weighted by Gasteiger charge is 2.20. The van der Waals surface area contributed by atoms with Crippen LogP contribution in [-0.4, -0.2) is 12.6 Å². The summed E-state index contributed by atoms with van der Waals surface area (Å²) in [4.78, 5) is 0. The minimum atomic E-state index is 0.724. The molecule has 0 radical (unpaired) electrons. The van der Waals surface area contributed by atoms with E-state index < -0.39 is 0 Å². The Labute approximate surface area is 102 Å². The molecule has 0 bridgehead atoms. The minimum absolute atomic E-state index is 0.724. The van der Waals surface area contributed by atoms with Crippen LogP contribution in [0.4, 0.5) is 0 Å². The molecule has 1 saturated carbocycles. The summed E-state index contributed by atoms with van der Waals surface area (Å²) in [6.07, 6.45) is 11.5. The lowest BCUT2D eigenvalue weighted by Gasteiger charge is -2.29. The van der Waals surface area contributed by atoms with Crippen LogP contribution >= 0.6 is 0 Å². The number of hydrogen-bond donors (Lipinski definition) is 1. The van der Waals surface area contributed by atoms with E-state index in [1.54, 1.807) is 0 Å². The number of nitrogens with one attached hydrogen (secondary N) is 1. The summed E-state index contributed by atoms with van der Waals surface area (Å²) in [6.45, 7) is 8.13. The second kappa shape index (κ2) is 8.11. The second-order valence-corrected chi connectivity index (χ2v) is 5.74. The Morgan fingerprint density at radius 3 is 2.62 bits per heavy atom. The molecule has 96 valence electrons. The van der Waals surface area contributed by atoms with Crippen LogP contribution in [0.15, 0.2) is 0 Å². The van der Waals surface area contributed by atoms with Crippen molar-refractivity contribution in [1.82, 2.24) is 5.32 Å². The zero-order chi connectivity index (χ0) is 11.8. The predicted octanol–water partition coefficient (Wildman–Crippen LogP) is 4.37.